The molecule has 1 rings (SSSR count). The van der Waals surface area contributed by atoms with Gasteiger partial charge in [-0.05, 0) is 33.4 Å². The van der Waals surface area contributed by atoms with E-state index in [0.717, 1.165) is 25.2 Å². The van der Waals surface area contributed by atoms with Gasteiger partial charge in [0, 0.05) is 31.9 Å². The molecule has 0 bridgehead atoms. The Bertz CT molecular complexity index is 422. The molecule has 0 aromatic carbocycles. The van der Waals surface area contributed by atoms with Gasteiger partial charge >= 0.3 is 0 Å². The smallest absolute Gasteiger partial charge is 0.253 e. The number of carbonyl (C=O) groups excluding carboxylic acids is 1. The van der Waals surface area contributed by atoms with Crippen LogP contribution < -0.4 is 10.6 Å². The molecule has 0 saturated carbocycles. The summed E-state index contributed by atoms with van der Waals surface area (Å²) in [5.74, 6) is -0.0547. The van der Waals surface area contributed by atoms with E-state index in [2.05, 4.69) is 41.4 Å². The minimum absolute atomic E-state index is 0.0547. The van der Waals surface area contributed by atoms with Crippen molar-refractivity contribution in [3.63, 3.8) is 0 Å². The van der Waals surface area contributed by atoms with Crippen molar-refractivity contribution in [2.45, 2.75) is 33.2 Å². The van der Waals surface area contributed by atoms with Crippen LogP contribution in [0.1, 0.15) is 37.6 Å². The highest BCUT2D eigenvalue weighted by molar-refractivity contribution is 5.99. The van der Waals surface area contributed by atoms with Gasteiger partial charge in [0.15, 0.2) is 0 Å². The molecule has 5 heteroatoms. The van der Waals surface area contributed by atoms with Crippen molar-refractivity contribution in [3.05, 3.63) is 24.0 Å². The number of aromatic nitrogens is 1. The molecule has 2 N–H and O–H groups in total. The molecule has 112 valence electrons. The molecule has 0 spiro atoms. The third-order valence-corrected chi connectivity index (χ3v) is 3.53. The van der Waals surface area contributed by atoms with E-state index < -0.39 is 0 Å². The summed E-state index contributed by atoms with van der Waals surface area (Å²) < 4.78 is 0. The summed E-state index contributed by atoms with van der Waals surface area (Å²) in [6.07, 6.45) is 4.43. The Morgan fingerprint density at radius 1 is 1.45 bits per heavy atom. The number of anilines is 1. The minimum Gasteiger partial charge on any atom is -0.383 e. The average molecular weight is 278 g/mol. The zero-order valence-corrected chi connectivity index (χ0v) is 12.9. The molecule has 1 aromatic heterocycles. The van der Waals surface area contributed by atoms with Gasteiger partial charge < -0.3 is 15.5 Å². The summed E-state index contributed by atoms with van der Waals surface area (Å²) in [7, 11) is 2.08. The molecule has 1 atom stereocenters. The van der Waals surface area contributed by atoms with Crippen molar-refractivity contribution in [1.29, 1.82) is 0 Å². The number of likely N-dealkylation sites (N-methyl/N-ethyl adjacent to an activating group) is 1. The first-order chi connectivity index (χ1) is 9.60. The predicted molar refractivity (Wildman–Crippen MR) is 83.1 cm³/mol. The quantitative estimate of drug-likeness (QED) is 0.763. The molecular formula is C15H26N4O. The third-order valence-electron chi connectivity index (χ3n) is 3.53. The van der Waals surface area contributed by atoms with Gasteiger partial charge in [0.05, 0.1) is 17.4 Å². The summed E-state index contributed by atoms with van der Waals surface area (Å²) in [6.45, 7) is 8.61. The number of hydrogen-bond donors (Lipinski definition) is 2. The van der Waals surface area contributed by atoms with Crippen LogP contribution in [-0.4, -0.2) is 48.5 Å². The first kappa shape index (κ1) is 16.4. The van der Waals surface area contributed by atoms with Crippen molar-refractivity contribution < 1.29 is 4.79 Å². The highest BCUT2D eigenvalue weighted by Gasteiger charge is 2.11. The zero-order valence-electron chi connectivity index (χ0n) is 12.9. The lowest BCUT2D eigenvalue weighted by molar-refractivity contribution is 0.0948. The van der Waals surface area contributed by atoms with Crippen LogP contribution in [0.4, 0.5) is 5.69 Å². The van der Waals surface area contributed by atoms with Gasteiger partial charge in [-0.2, -0.15) is 0 Å². The van der Waals surface area contributed by atoms with Gasteiger partial charge in [0.2, 0.25) is 0 Å². The van der Waals surface area contributed by atoms with Crippen molar-refractivity contribution in [1.82, 2.24) is 15.2 Å². The number of pyridine rings is 1. The largest absolute Gasteiger partial charge is 0.383 e. The van der Waals surface area contributed by atoms with Crippen LogP contribution >= 0.6 is 0 Å². The molecule has 0 saturated heterocycles. The van der Waals surface area contributed by atoms with Gasteiger partial charge in [-0.1, -0.05) is 6.92 Å². The van der Waals surface area contributed by atoms with Gasteiger partial charge in [-0.3, -0.25) is 9.78 Å². The molecule has 0 fully saturated rings. The molecule has 0 aliphatic rings. The standard InChI is InChI=1S/C15H26N4O/c1-5-12(3)19(4)10-9-18-15(20)13-7-8-16-11-14(13)17-6-2/h7-8,11-12,17H,5-6,9-10H2,1-4H3,(H,18,20). The Hall–Kier alpha value is -1.62. The van der Waals surface area contributed by atoms with Crippen molar-refractivity contribution in [3.8, 4) is 0 Å². The normalized spacial score (nSPS) is 12.2. The average Bonchev–Trinajstić information content (AvgIpc) is 2.47. The fraction of sp³-hybridized carbons (Fsp3) is 0.600. The van der Waals surface area contributed by atoms with Crippen LogP contribution in [0.15, 0.2) is 18.5 Å². The minimum atomic E-state index is -0.0547. The molecule has 0 aliphatic heterocycles. The topological polar surface area (TPSA) is 57.3 Å². The number of nitrogens with zero attached hydrogens (tertiary/aromatic N) is 2. The lowest BCUT2D eigenvalue weighted by atomic mass is 10.2. The van der Waals surface area contributed by atoms with E-state index in [1.54, 1.807) is 18.5 Å². The molecular weight excluding hydrogens is 252 g/mol. The second-order valence-electron chi connectivity index (χ2n) is 4.95. The third kappa shape index (κ3) is 4.81. The van der Waals surface area contributed by atoms with Crippen molar-refractivity contribution >= 4 is 11.6 Å². The van der Waals surface area contributed by atoms with E-state index in [-0.39, 0.29) is 5.91 Å². The van der Waals surface area contributed by atoms with E-state index in [4.69, 9.17) is 0 Å². The van der Waals surface area contributed by atoms with Crippen molar-refractivity contribution in [2.75, 3.05) is 32.0 Å². The number of nitrogens with one attached hydrogen (secondary N) is 2. The summed E-state index contributed by atoms with van der Waals surface area (Å²) in [5, 5.41) is 6.11. The maximum atomic E-state index is 12.2. The van der Waals surface area contributed by atoms with Crippen LogP contribution in [0.5, 0.6) is 0 Å². The Morgan fingerprint density at radius 3 is 2.85 bits per heavy atom. The van der Waals surface area contributed by atoms with Crippen LogP contribution in [0.3, 0.4) is 0 Å². The maximum Gasteiger partial charge on any atom is 0.253 e. The summed E-state index contributed by atoms with van der Waals surface area (Å²) in [5.41, 5.74) is 1.43. The van der Waals surface area contributed by atoms with E-state index in [9.17, 15) is 4.79 Å². The first-order valence-corrected chi connectivity index (χ1v) is 7.26. The second-order valence-corrected chi connectivity index (χ2v) is 4.95. The monoisotopic (exact) mass is 278 g/mol. The first-order valence-electron chi connectivity index (χ1n) is 7.26. The van der Waals surface area contributed by atoms with Crippen molar-refractivity contribution in [2.24, 2.45) is 0 Å². The number of rotatable bonds is 8. The van der Waals surface area contributed by atoms with E-state index in [0.29, 0.717) is 18.2 Å². The Morgan fingerprint density at radius 2 is 2.20 bits per heavy atom. The van der Waals surface area contributed by atoms with Gasteiger partial charge in [-0.25, -0.2) is 0 Å². The van der Waals surface area contributed by atoms with E-state index >= 15 is 0 Å². The molecule has 0 radical (unpaired) electrons. The van der Waals surface area contributed by atoms with Crippen LogP contribution in [0.25, 0.3) is 0 Å². The summed E-state index contributed by atoms with van der Waals surface area (Å²) in [6, 6.07) is 2.27. The van der Waals surface area contributed by atoms with Crippen LogP contribution in [0.2, 0.25) is 0 Å². The SMILES string of the molecule is CCNc1cnccc1C(=O)NCCN(C)C(C)CC. The number of carbonyl (C=O) groups is 1. The lowest BCUT2D eigenvalue weighted by Gasteiger charge is -2.23. The molecule has 1 unspecified atom stereocenters. The summed E-state index contributed by atoms with van der Waals surface area (Å²) >= 11 is 0. The number of amides is 1. The lowest BCUT2D eigenvalue weighted by Crippen LogP contribution is -2.37. The van der Waals surface area contributed by atoms with E-state index in [1.807, 2.05) is 6.92 Å². The van der Waals surface area contributed by atoms with E-state index in [1.165, 1.54) is 0 Å². The zero-order chi connectivity index (χ0) is 15.0. The Labute approximate surface area is 121 Å². The fourth-order valence-corrected chi connectivity index (χ4v) is 1.90. The summed E-state index contributed by atoms with van der Waals surface area (Å²) in [4.78, 5) is 18.5. The molecule has 5 nitrogen and oxygen atoms in total. The molecule has 1 heterocycles. The number of hydrogen-bond acceptors (Lipinski definition) is 4. The highest BCUT2D eigenvalue weighted by atomic mass is 16.1. The van der Waals surface area contributed by atoms with Gasteiger partial charge in [-0.15, -0.1) is 0 Å². The Kier molecular flexibility index (Phi) is 7.01. The second kappa shape index (κ2) is 8.53. The van der Waals surface area contributed by atoms with Crippen LogP contribution in [-0.2, 0) is 0 Å². The molecule has 1 aromatic rings. The molecule has 20 heavy (non-hydrogen) atoms. The van der Waals surface area contributed by atoms with Gasteiger partial charge in [0.1, 0.15) is 0 Å². The molecule has 0 aliphatic carbocycles. The predicted octanol–water partition coefficient (Wildman–Crippen LogP) is 1.97. The highest BCUT2D eigenvalue weighted by Crippen LogP contribution is 2.12. The van der Waals surface area contributed by atoms with Gasteiger partial charge in [0.25, 0.3) is 5.91 Å². The van der Waals surface area contributed by atoms with Crippen LogP contribution in [0, 0.1) is 0 Å². The maximum absolute atomic E-state index is 12.2. The Balaban J connectivity index is 2.51. The molecule has 1 amide bonds. The fourth-order valence-electron chi connectivity index (χ4n) is 1.90.